The minimum Gasteiger partial charge on any atom is -0.394 e. The molecule has 0 saturated heterocycles. The minimum absolute atomic E-state index is 0.167. The summed E-state index contributed by atoms with van der Waals surface area (Å²) in [6.45, 7) is 6.27. The zero-order valence-electron chi connectivity index (χ0n) is 6.87. The maximum atomic E-state index is 10.0. The van der Waals surface area contributed by atoms with Gasteiger partial charge in [0.15, 0.2) is 0 Å². The van der Waals surface area contributed by atoms with Crippen molar-refractivity contribution in [2.45, 2.75) is 20.0 Å². The van der Waals surface area contributed by atoms with Crippen molar-refractivity contribution in [2.75, 3.05) is 6.73 Å². The zero-order valence-corrected chi connectivity index (χ0v) is 6.87. The Morgan fingerprint density at radius 3 is 2.18 bits per heavy atom. The second kappa shape index (κ2) is 9.13. The Hall–Kier alpha value is -0.870. The van der Waals surface area contributed by atoms with Crippen molar-refractivity contribution in [1.82, 2.24) is 5.32 Å². The zero-order chi connectivity index (χ0) is 9.28. The molecule has 0 fully saturated rings. The molecule has 0 aromatic rings. The van der Waals surface area contributed by atoms with Gasteiger partial charge in [-0.1, -0.05) is 6.58 Å². The van der Waals surface area contributed by atoms with E-state index in [-0.39, 0.29) is 18.7 Å². The molecule has 0 heterocycles. The van der Waals surface area contributed by atoms with E-state index in [2.05, 4.69) is 11.9 Å². The van der Waals surface area contributed by atoms with Crippen LogP contribution in [0.15, 0.2) is 12.7 Å². The highest BCUT2D eigenvalue weighted by atomic mass is 16.3. The van der Waals surface area contributed by atoms with Crippen molar-refractivity contribution in [3.8, 4) is 0 Å². The summed E-state index contributed by atoms with van der Waals surface area (Å²) in [4.78, 5) is 10.0. The molecule has 66 valence electrons. The lowest BCUT2D eigenvalue weighted by Crippen LogP contribution is -2.20. The molecular weight excluding hydrogens is 146 g/mol. The van der Waals surface area contributed by atoms with Crippen LogP contribution in [-0.2, 0) is 4.79 Å². The van der Waals surface area contributed by atoms with E-state index >= 15 is 0 Å². The standard InChI is InChI=1S/C4H7NO2.C3H8O/c1-2-4(7)5-3-6;1-3(2)4/h2,6H,1,3H2,(H,5,7);3-4H,1-2H3. The first kappa shape index (κ1) is 12.8. The van der Waals surface area contributed by atoms with E-state index in [0.29, 0.717) is 0 Å². The largest absolute Gasteiger partial charge is 0.394 e. The van der Waals surface area contributed by atoms with E-state index in [1.165, 1.54) is 0 Å². The maximum absolute atomic E-state index is 10.0. The Morgan fingerprint density at radius 2 is 2.09 bits per heavy atom. The number of aliphatic hydroxyl groups excluding tert-OH is 2. The lowest BCUT2D eigenvalue weighted by molar-refractivity contribution is -0.117. The molecule has 0 rings (SSSR count). The monoisotopic (exact) mass is 161 g/mol. The number of rotatable bonds is 2. The Bertz CT molecular complexity index is 109. The molecular formula is C7H15NO3. The second-order valence-electron chi connectivity index (χ2n) is 2.00. The predicted octanol–water partition coefficient (Wildman–Crippen LogP) is -0.375. The highest BCUT2D eigenvalue weighted by Gasteiger charge is 1.84. The maximum Gasteiger partial charge on any atom is 0.245 e. The van der Waals surface area contributed by atoms with Gasteiger partial charge in [-0.15, -0.1) is 0 Å². The SMILES string of the molecule is C=CC(=O)NCO.CC(C)O. The first-order valence-corrected chi connectivity index (χ1v) is 3.23. The Morgan fingerprint density at radius 1 is 1.73 bits per heavy atom. The van der Waals surface area contributed by atoms with E-state index < -0.39 is 0 Å². The summed E-state index contributed by atoms with van der Waals surface area (Å²) >= 11 is 0. The van der Waals surface area contributed by atoms with Crippen molar-refractivity contribution >= 4 is 5.91 Å². The molecule has 0 spiro atoms. The van der Waals surface area contributed by atoms with Crippen molar-refractivity contribution < 1.29 is 15.0 Å². The van der Waals surface area contributed by atoms with Gasteiger partial charge in [0.1, 0.15) is 6.73 Å². The fourth-order valence-corrected chi connectivity index (χ4v) is 0.150. The smallest absolute Gasteiger partial charge is 0.245 e. The third-order valence-electron chi connectivity index (χ3n) is 0.439. The van der Waals surface area contributed by atoms with Crippen LogP contribution < -0.4 is 5.32 Å². The second-order valence-corrected chi connectivity index (χ2v) is 2.00. The molecule has 0 radical (unpaired) electrons. The van der Waals surface area contributed by atoms with Gasteiger partial charge in [0.2, 0.25) is 5.91 Å². The Kier molecular flexibility index (Phi) is 10.6. The van der Waals surface area contributed by atoms with Gasteiger partial charge in [0.05, 0.1) is 0 Å². The van der Waals surface area contributed by atoms with Crippen LogP contribution >= 0.6 is 0 Å². The summed E-state index contributed by atoms with van der Waals surface area (Å²) in [5.41, 5.74) is 0. The average Bonchev–Trinajstić information content (AvgIpc) is 1.87. The molecule has 0 aromatic heterocycles. The lowest BCUT2D eigenvalue weighted by Gasteiger charge is -1.89. The highest BCUT2D eigenvalue weighted by Crippen LogP contribution is 1.65. The van der Waals surface area contributed by atoms with Crippen LogP contribution in [0.2, 0.25) is 0 Å². The molecule has 1 amide bonds. The number of amides is 1. The molecule has 0 aromatic carbocycles. The molecule has 0 bridgehead atoms. The summed E-state index contributed by atoms with van der Waals surface area (Å²) < 4.78 is 0. The summed E-state index contributed by atoms with van der Waals surface area (Å²) in [6, 6.07) is 0. The summed E-state index contributed by atoms with van der Waals surface area (Å²) in [6.07, 6.45) is 0.927. The van der Waals surface area contributed by atoms with Crippen LogP contribution in [0, 0.1) is 0 Å². The summed E-state index contributed by atoms with van der Waals surface area (Å²) in [5.74, 6) is -0.359. The van der Waals surface area contributed by atoms with Gasteiger partial charge in [-0.3, -0.25) is 4.79 Å². The number of carbonyl (C=O) groups excluding carboxylic acids is 1. The van der Waals surface area contributed by atoms with Gasteiger partial charge in [-0.05, 0) is 19.9 Å². The molecule has 4 heteroatoms. The van der Waals surface area contributed by atoms with Crippen molar-refractivity contribution in [2.24, 2.45) is 0 Å². The van der Waals surface area contributed by atoms with Crippen LogP contribution in [0.25, 0.3) is 0 Å². The van der Waals surface area contributed by atoms with E-state index in [4.69, 9.17) is 10.2 Å². The summed E-state index contributed by atoms with van der Waals surface area (Å²) in [5, 5.41) is 18.1. The number of hydrogen-bond donors (Lipinski definition) is 3. The minimum atomic E-state index is -0.359. The van der Waals surface area contributed by atoms with E-state index in [1.807, 2.05) is 0 Å². The fraction of sp³-hybridized carbons (Fsp3) is 0.571. The predicted molar refractivity (Wildman–Crippen MR) is 42.8 cm³/mol. The third kappa shape index (κ3) is 27.2. The normalized spacial score (nSPS) is 8.09. The fourth-order valence-electron chi connectivity index (χ4n) is 0.150. The van der Waals surface area contributed by atoms with Gasteiger partial charge in [-0.2, -0.15) is 0 Å². The van der Waals surface area contributed by atoms with Crippen molar-refractivity contribution in [1.29, 1.82) is 0 Å². The number of aliphatic hydroxyl groups is 2. The molecule has 4 nitrogen and oxygen atoms in total. The average molecular weight is 161 g/mol. The van der Waals surface area contributed by atoms with Gasteiger partial charge in [0, 0.05) is 6.10 Å². The van der Waals surface area contributed by atoms with Gasteiger partial charge in [-0.25, -0.2) is 0 Å². The van der Waals surface area contributed by atoms with Gasteiger partial charge in [0.25, 0.3) is 0 Å². The third-order valence-corrected chi connectivity index (χ3v) is 0.439. The molecule has 11 heavy (non-hydrogen) atoms. The molecule has 0 aliphatic carbocycles. The van der Waals surface area contributed by atoms with Crippen molar-refractivity contribution in [3.05, 3.63) is 12.7 Å². The van der Waals surface area contributed by atoms with Crippen LogP contribution in [0.3, 0.4) is 0 Å². The molecule has 3 N–H and O–H groups in total. The Balaban J connectivity index is 0. The Labute approximate surface area is 66.5 Å². The first-order valence-electron chi connectivity index (χ1n) is 3.23. The topological polar surface area (TPSA) is 69.6 Å². The molecule has 0 unspecified atom stereocenters. The highest BCUT2D eigenvalue weighted by molar-refractivity contribution is 5.86. The number of hydrogen-bond acceptors (Lipinski definition) is 3. The number of carbonyl (C=O) groups is 1. The van der Waals surface area contributed by atoms with E-state index in [0.717, 1.165) is 6.08 Å². The molecule has 0 aliphatic heterocycles. The van der Waals surface area contributed by atoms with Crippen LogP contribution in [0.4, 0.5) is 0 Å². The summed E-state index contributed by atoms with van der Waals surface area (Å²) in [7, 11) is 0. The first-order chi connectivity index (χ1) is 5.04. The van der Waals surface area contributed by atoms with Crippen LogP contribution in [-0.4, -0.2) is 29.0 Å². The van der Waals surface area contributed by atoms with Gasteiger partial charge >= 0.3 is 0 Å². The van der Waals surface area contributed by atoms with Gasteiger partial charge < -0.3 is 15.5 Å². The van der Waals surface area contributed by atoms with Crippen LogP contribution in [0.5, 0.6) is 0 Å². The quantitative estimate of drug-likeness (QED) is 0.382. The number of nitrogens with one attached hydrogen (secondary N) is 1. The lowest BCUT2D eigenvalue weighted by atomic mass is 10.5. The van der Waals surface area contributed by atoms with E-state index in [9.17, 15) is 4.79 Å². The molecule has 0 aliphatic rings. The molecule has 0 saturated carbocycles. The van der Waals surface area contributed by atoms with Crippen molar-refractivity contribution in [3.63, 3.8) is 0 Å². The molecule has 0 atom stereocenters. The van der Waals surface area contributed by atoms with E-state index in [1.54, 1.807) is 13.8 Å². The van der Waals surface area contributed by atoms with Crippen LogP contribution in [0.1, 0.15) is 13.8 Å².